The molecule has 6 nitrogen and oxygen atoms in total. The summed E-state index contributed by atoms with van der Waals surface area (Å²) in [5.41, 5.74) is 7.06. The fourth-order valence-corrected chi connectivity index (χ4v) is 3.33. The molecule has 0 spiro atoms. The molecule has 0 bridgehead atoms. The molecule has 2 aromatic carbocycles. The van der Waals surface area contributed by atoms with Crippen LogP contribution in [0.1, 0.15) is 27.3 Å². The first-order valence-electron chi connectivity index (χ1n) is 8.94. The van der Waals surface area contributed by atoms with Crippen molar-refractivity contribution < 1.29 is 14.3 Å². The Hall–Kier alpha value is -3.06. The van der Waals surface area contributed by atoms with Crippen molar-refractivity contribution in [3.63, 3.8) is 0 Å². The van der Waals surface area contributed by atoms with Gasteiger partial charge in [0.1, 0.15) is 11.5 Å². The van der Waals surface area contributed by atoms with Gasteiger partial charge in [-0.25, -0.2) is 5.43 Å². The molecule has 0 radical (unpaired) electrons. The predicted octanol–water partition coefficient (Wildman–Crippen LogP) is 4.64. The number of nitrogens with zero attached hydrogens (tertiary/aromatic N) is 2. The molecule has 7 heteroatoms. The molecule has 0 aliphatic heterocycles. The summed E-state index contributed by atoms with van der Waals surface area (Å²) in [6.45, 7) is 4.05. The number of aryl methyl sites for hydroxylation is 1. The summed E-state index contributed by atoms with van der Waals surface area (Å²) in [6.07, 6.45) is 1.65. The Balaban J connectivity index is 1.78. The van der Waals surface area contributed by atoms with Crippen LogP contribution < -0.4 is 14.9 Å². The Morgan fingerprint density at radius 2 is 1.66 bits per heavy atom. The number of hydrazone groups is 1. The van der Waals surface area contributed by atoms with Crippen LogP contribution in [-0.2, 0) is 0 Å². The average Bonchev–Trinajstić information content (AvgIpc) is 3.01. The van der Waals surface area contributed by atoms with Crippen LogP contribution in [0, 0.1) is 13.8 Å². The van der Waals surface area contributed by atoms with Crippen molar-refractivity contribution in [3.8, 4) is 17.2 Å². The van der Waals surface area contributed by atoms with E-state index in [4.69, 9.17) is 9.47 Å². The first-order valence-corrected chi connectivity index (χ1v) is 9.73. The van der Waals surface area contributed by atoms with Crippen LogP contribution in [0.25, 0.3) is 5.69 Å². The lowest BCUT2D eigenvalue weighted by atomic mass is 10.2. The van der Waals surface area contributed by atoms with Gasteiger partial charge in [-0.2, -0.15) is 5.10 Å². The minimum Gasteiger partial charge on any atom is -0.497 e. The highest BCUT2D eigenvalue weighted by Crippen LogP contribution is 2.23. The Bertz CT molecular complexity index is 1030. The van der Waals surface area contributed by atoms with Gasteiger partial charge in [0.2, 0.25) is 0 Å². The van der Waals surface area contributed by atoms with Crippen LogP contribution in [0.4, 0.5) is 0 Å². The summed E-state index contributed by atoms with van der Waals surface area (Å²) < 4.78 is 13.6. The van der Waals surface area contributed by atoms with Crippen molar-refractivity contribution >= 4 is 28.1 Å². The van der Waals surface area contributed by atoms with Gasteiger partial charge < -0.3 is 14.0 Å². The Morgan fingerprint density at radius 3 is 2.24 bits per heavy atom. The summed E-state index contributed by atoms with van der Waals surface area (Å²) in [7, 11) is 3.08. The van der Waals surface area contributed by atoms with E-state index in [-0.39, 0.29) is 5.91 Å². The van der Waals surface area contributed by atoms with E-state index in [0.29, 0.717) is 17.1 Å². The van der Waals surface area contributed by atoms with Crippen molar-refractivity contribution in [3.05, 3.63) is 75.5 Å². The Kier molecular flexibility index (Phi) is 6.39. The number of nitrogens with one attached hydrogen (secondary N) is 1. The number of carbonyl (C=O) groups is 1. The fourth-order valence-electron chi connectivity index (χ4n) is 3.07. The number of carbonyl (C=O) groups excluding carboxylic acids is 1. The van der Waals surface area contributed by atoms with E-state index in [0.717, 1.165) is 27.1 Å². The summed E-state index contributed by atoms with van der Waals surface area (Å²) in [5.74, 6) is 0.730. The maximum Gasteiger partial charge on any atom is 0.271 e. The molecule has 0 saturated carbocycles. The molecule has 0 aliphatic carbocycles. The number of halogens is 1. The highest BCUT2D eigenvalue weighted by molar-refractivity contribution is 9.10. The van der Waals surface area contributed by atoms with Crippen molar-refractivity contribution in [1.82, 2.24) is 9.99 Å². The van der Waals surface area contributed by atoms with Gasteiger partial charge in [0, 0.05) is 38.7 Å². The maximum atomic E-state index is 12.4. The smallest absolute Gasteiger partial charge is 0.271 e. The van der Waals surface area contributed by atoms with E-state index in [1.54, 1.807) is 24.4 Å². The Morgan fingerprint density at radius 1 is 1.03 bits per heavy atom. The third-order valence-electron chi connectivity index (χ3n) is 4.54. The number of amides is 1. The topological polar surface area (TPSA) is 64.8 Å². The molecule has 0 fully saturated rings. The molecule has 0 atom stereocenters. The second kappa shape index (κ2) is 8.96. The van der Waals surface area contributed by atoms with Crippen LogP contribution >= 0.6 is 15.9 Å². The van der Waals surface area contributed by atoms with Gasteiger partial charge in [-0.3, -0.25) is 4.79 Å². The summed E-state index contributed by atoms with van der Waals surface area (Å²) in [5, 5.41) is 4.12. The molecule has 1 heterocycles. The minimum atomic E-state index is -0.347. The highest BCUT2D eigenvalue weighted by atomic mass is 79.9. The molecular weight excluding hydrogens is 434 g/mol. The summed E-state index contributed by atoms with van der Waals surface area (Å²) in [4.78, 5) is 12.4. The van der Waals surface area contributed by atoms with Crippen LogP contribution in [0.5, 0.6) is 11.5 Å². The normalized spacial score (nSPS) is 10.9. The van der Waals surface area contributed by atoms with Crippen LogP contribution in [0.15, 0.2) is 58.1 Å². The molecule has 1 amide bonds. The zero-order valence-electron chi connectivity index (χ0n) is 16.7. The van der Waals surface area contributed by atoms with E-state index in [2.05, 4.69) is 31.0 Å². The molecule has 0 saturated heterocycles. The van der Waals surface area contributed by atoms with Gasteiger partial charge in [-0.1, -0.05) is 15.9 Å². The molecule has 3 aromatic rings. The summed E-state index contributed by atoms with van der Waals surface area (Å²) >= 11 is 3.46. The van der Waals surface area contributed by atoms with Crippen LogP contribution in [-0.4, -0.2) is 30.9 Å². The lowest BCUT2D eigenvalue weighted by Crippen LogP contribution is -2.17. The first kappa shape index (κ1) is 20.7. The SMILES string of the molecule is COc1cc(OC)cc(C(=O)N/N=C\c2cc(C)n(-c3ccc(Br)cc3)c2C)c1. The summed E-state index contributed by atoms with van der Waals surface area (Å²) in [6, 6.07) is 15.1. The third kappa shape index (κ3) is 4.68. The maximum absolute atomic E-state index is 12.4. The van der Waals surface area contributed by atoms with Crippen molar-refractivity contribution in [2.24, 2.45) is 5.10 Å². The monoisotopic (exact) mass is 455 g/mol. The molecule has 29 heavy (non-hydrogen) atoms. The number of rotatable bonds is 6. The number of hydrogen-bond donors (Lipinski definition) is 1. The van der Waals surface area contributed by atoms with Gasteiger partial charge in [0.25, 0.3) is 5.91 Å². The zero-order valence-corrected chi connectivity index (χ0v) is 18.3. The largest absolute Gasteiger partial charge is 0.497 e. The quantitative estimate of drug-likeness (QED) is 0.434. The van der Waals surface area contributed by atoms with Crippen LogP contribution in [0.2, 0.25) is 0 Å². The van der Waals surface area contributed by atoms with E-state index < -0.39 is 0 Å². The number of ether oxygens (including phenoxy) is 2. The van der Waals surface area contributed by atoms with Gasteiger partial charge in [0.15, 0.2) is 0 Å². The average molecular weight is 456 g/mol. The number of aromatic nitrogens is 1. The van der Waals surface area contributed by atoms with Crippen molar-refractivity contribution in [1.29, 1.82) is 0 Å². The first-order chi connectivity index (χ1) is 13.9. The standard InChI is InChI=1S/C22H22BrN3O3/c1-14-9-17(15(2)26(14)19-7-5-18(23)6-8-19)13-24-25-22(27)16-10-20(28-3)12-21(11-16)29-4/h5-13H,1-4H3,(H,25,27)/b24-13-. The third-order valence-corrected chi connectivity index (χ3v) is 5.07. The van der Waals surface area contributed by atoms with Gasteiger partial charge in [-0.15, -0.1) is 0 Å². The van der Waals surface area contributed by atoms with E-state index in [1.165, 1.54) is 14.2 Å². The molecule has 0 aliphatic rings. The molecule has 1 N–H and O–H groups in total. The lowest BCUT2D eigenvalue weighted by molar-refractivity contribution is 0.0954. The Labute approximate surface area is 178 Å². The number of methoxy groups -OCH3 is 2. The van der Waals surface area contributed by atoms with Crippen molar-refractivity contribution in [2.45, 2.75) is 13.8 Å². The van der Waals surface area contributed by atoms with E-state index in [9.17, 15) is 4.79 Å². The number of hydrogen-bond acceptors (Lipinski definition) is 4. The number of benzene rings is 2. The molecule has 1 aromatic heterocycles. The molecule has 150 valence electrons. The molecular formula is C22H22BrN3O3. The van der Waals surface area contributed by atoms with Gasteiger partial charge in [-0.05, 0) is 56.3 Å². The van der Waals surface area contributed by atoms with Gasteiger partial charge >= 0.3 is 0 Å². The second-order valence-electron chi connectivity index (χ2n) is 6.44. The molecule has 0 unspecified atom stereocenters. The minimum absolute atomic E-state index is 0.347. The predicted molar refractivity (Wildman–Crippen MR) is 118 cm³/mol. The lowest BCUT2D eigenvalue weighted by Gasteiger charge is -2.09. The van der Waals surface area contributed by atoms with Crippen LogP contribution in [0.3, 0.4) is 0 Å². The van der Waals surface area contributed by atoms with E-state index in [1.807, 2.05) is 44.2 Å². The highest BCUT2D eigenvalue weighted by Gasteiger charge is 2.11. The van der Waals surface area contributed by atoms with E-state index >= 15 is 0 Å². The van der Waals surface area contributed by atoms with Gasteiger partial charge in [0.05, 0.1) is 20.4 Å². The molecule has 3 rings (SSSR count). The van der Waals surface area contributed by atoms with Crippen molar-refractivity contribution in [2.75, 3.05) is 14.2 Å². The second-order valence-corrected chi connectivity index (χ2v) is 7.35. The fraction of sp³-hybridized carbons (Fsp3) is 0.182. The zero-order chi connectivity index (χ0) is 21.0.